The Morgan fingerprint density at radius 1 is 1.39 bits per heavy atom. The van der Waals surface area contributed by atoms with Gasteiger partial charge in [0.05, 0.1) is 21.5 Å². The highest BCUT2D eigenvalue weighted by atomic mass is 79.9. The van der Waals surface area contributed by atoms with Crippen molar-refractivity contribution in [3.63, 3.8) is 0 Å². The summed E-state index contributed by atoms with van der Waals surface area (Å²) in [6.07, 6.45) is 0. The zero-order valence-electron chi connectivity index (χ0n) is 9.76. The first-order valence-electron chi connectivity index (χ1n) is 5.10. The van der Waals surface area contributed by atoms with Crippen LogP contribution in [0.5, 0.6) is 0 Å². The van der Waals surface area contributed by atoms with Crippen molar-refractivity contribution in [2.45, 2.75) is 6.92 Å². The van der Waals surface area contributed by atoms with Gasteiger partial charge in [-0.05, 0) is 28.9 Å². The van der Waals surface area contributed by atoms with E-state index in [4.69, 9.17) is 5.73 Å². The van der Waals surface area contributed by atoms with Gasteiger partial charge in [-0.1, -0.05) is 0 Å². The Labute approximate surface area is 111 Å². The topological polar surface area (TPSA) is 55.9 Å². The second kappa shape index (κ2) is 4.56. The Kier molecular flexibility index (Phi) is 3.25. The SMILES string of the molecule is Cc1nn(C)c(Nc2c(N)cc(F)cc2F)c1Br. The molecule has 0 aliphatic heterocycles. The van der Waals surface area contributed by atoms with Gasteiger partial charge >= 0.3 is 0 Å². The number of hydrogen-bond donors (Lipinski definition) is 2. The molecular formula is C11H11BrF2N4. The molecule has 3 N–H and O–H groups in total. The van der Waals surface area contributed by atoms with Crippen LogP contribution in [0.4, 0.5) is 26.0 Å². The third-order valence-electron chi connectivity index (χ3n) is 2.48. The molecule has 0 amide bonds. The van der Waals surface area contributed by atoms with Crippen molar-refractivity contribution in [3.8, 4) is 0 Å². The van der Waals surface area contributed by atoms with Crippen LogP contribution in [-0.2, 0) is 7.05 Å². The summed E-state index contributed by atoms with van der Waals surface area (Å²) >= 11 is 3.34. The van der Waals surface area contributed by atoms with Crippen molar-refractivity contribution in [1.29, 1.82) is 0 Å². The molecule has 0 fully saturated rings. The lowest BCUT2D eigenvalue weighted by Gasteiger charge is -2.11. The van der Waals surface area contributed by atoms with Crippen LogP contribution in [0.25, 0.3) is 0 Å². The molecule has 0 spiro atoms. The van der Waals surface area contributed by atoms with E-state index in [-0.39, 0.29) is 11.4 Å². The number of aryl methyl sites for hydroxylation is 2. The van der Waals surface area contributed by atoms with Crippen LogP contribution in [0.3, 0.4) is 0 Å². The summed E-state index contributed by atoms with van der Waals surface area (Å²) in [6, 6.07) is 1.83. The van der Waals surface area contributed by atoms with E-state index in [1.807, 2.05) is 0 Å². The molecule has 2 rings (SSSR count). The number of nitrogen functional groups attached to an aromatic ring is 1. The van der Waals surface area contributed by atoms with Gasteiger partial charge in [0.25, 0.3) is 0 Å². The predicted octanol–water partition coefficient (Wildman–Crippen LogP) is 3.10. The Morgan fingerprint density at radius 3 is 2.56 bits per heavy atom. The van der Waals surface area contributed by atoms with Crippen LogP contribution >= 0.6 is 15.9 Å². The van der Waals surface area contributed by atoms with E-state index in [1.165, 1.54) is 0 Å². The van der Waals surface area contributed by atoms with Crippen LogP contribution in [-0.4, -0.2) is 9.78 Å². The maximum Gasteiger partial charge on any atom is 0.151 e. The minimum Gasteiger partial charge on any atom is -0.397 e. The molecule has 1 aromatic heterocycles. The number of rotatable bonds is 2. The molecule has 0 bridgehead atoms. The molecule has 4 nitrogen and oxygen atoms in total. The molecule has 1 heterocycles. The molecule has 0 saturated carbocycles. The fraction of sp³-hybridized carbons (Fsp3) is 0.182. The Bertz CT molecular complexity index is 586. The quantitative estimate of drug-likeness (QED) is 0.837. The number of halogens is 3. The third-order valence-corrected chi connectivity index (χ3v) is 3.43. The van der Waals surface area contributed by atoms with Gasteiger partial charge in [-0.3, -0.25) is 4.68 Å². The number of nitrogens with two attached hydrogens (primary N) is 1. The van der Waals surface area contributed by atoms with Crippen molar-refractivity contribution >= 4 is 33.1 Å². The summed E-state index contributed by atoms with van der Waals surface area (Å²) in [7, 11) is 1.71. The van der Waals surface area contributed by atoms with Crippen LogP contribution in [0.15, 0.2) is 16.6 Å². The Morgan fingerprint density at radius 2 is 2.06 bits per heavy atom. The van der Waals surface area contributed by atoms with Gasteiger partial charge in [-0.15, -0.1) is 0 Å². The van der Waals surface area contributed by atoms with Gasteiger partial charge in [0.2, 0.25) is 0 Å². The van der Waals surface area contributed by atoms with Gasteiger partial charge in [-0.25, -0.2) is 8.78 Å². The largest absolute Gasteiger partial charge is 0.397 e. The summed E-state index contributed by atoms with van der Waals surface area (Å²) in [5, 5.41) is 6.97. The number of hydrogen-bond acceptors (Lipinski definition) is 3. The van der Waals surface area contributed by atoms with Crippen molar-refractivity contribution in [2.24, 2.45) is 7.05 Å². The van der Waals surface area contributed by atoms with Crippen LogP contribution < -0.4 is 11.1 Å². The molecule has 0 radical (unpaired) electrons. The zero-order chi connectivity index (χ0) is 13.4. The first kappa shape index (κ1) is 12.8. The number of aromatic nitrogens is 2. The first-order chi connectivity index (χ1) is 8.40. The van der Waals surface area contributed by atoms with E-state index in [9.17, 15) is 8.78 Å². The smallest absolute Gasteiger partial charge is 0.151 e. The third kappa shape index (κ3) is 2.17. The zero-order valence-corrected chi connectivity index (χ0v) is 11.3. The molecule has 96 valence electrons. The standard InChI is InChI=1S/C11H11BrF2N4/c1-5-9(12)11(18(2)17-5)16-10-7(14)3-6(13)4-8(10)15/h3-4,16H,15H2,1-2H3. The second-order valence-corrected chi connectivity index (χ2v) is 4.64. The fourth-order valence-corrected chi connectivity index (χ4v) is 2.05. The first-order valence-corrected chi connectivity index (χ1v) is 5.90. The number of nitrogens with one attached hydrogen (secondary N) is 1. The lowest BCUT2D eigenvalue weighted by Crippen LogP contribution is -2.04. The van der Waals surface area contributed by atoms with Crippen molar-refractivity contribution in [3.05, 3.63) is 33.9 Å². The van der Waals surface area contributed by atoms with E-state index >= 15 is 0 Å². The van der Waals surface area contributed by atoms with Crippen LogP contribution in [0, 0.1) is 18.6 Å². The van der Waals surface area contributed by atoms with Crippen molar-refractivity contribution in [2.75, 3.05) is 11.1 Å². The summed E-state index contributed by atoms with van der Waals surface area (Å²) in [5.41, 5.74) is 6.37. The molecule has 18 heavy (non-hydrogen) atoms. The van der Waals surface area contributed by atoms with Gasteiger partial charge in [0, 0.05) is 13.1 Å². The highest BCUT2D eigenvalue weighted by molar-refractivity contribution is 9.10. The van der Waals surface area contributed by atoms with Gasteiger partial charge < -0.3 is 11.1 Å². The van der Waals surface area contributed by atoms with E-state index in [0.717, 1.165) is 17.8 Å². The van der Waals surface area contributed by atoms with Crippen molar-refractivity contribution in [1.82, 2.24) is 9.78 Å². The molecular weight excluding hydrogens is 306 g/mol. The maximum absolute atomic E-state index is 13.6. The minimum atomic E-state index is -0.752. The van der Waals surface area contributed by atoms with Gasteiger partial charge in [-0.2, -0.15) is 5.10 Å². The minimum absolute atomic E-state index is 0.00162. The van der Waals surface area contributed by atoms with E-state index in [0.29, 0.717) is 10.3 Å². The highest BCUT2D eigenvalue weighted by Gasteiger charge is 2.15. The average Bonchev–Trinajstić information content (AvgIpc) is 2.48. The number of anilines is 3. The lowest BCUT2D eigenvalue weighted by molar-refractivity contribution is 0.587. The van der Waals surface area contributed by atoms with Crippen molar-refractivity contribution < 1.29 is 8.78 Å². The molecule has 0 saturated heterocycles. The Balaban J connectivity index is 2.46. The monoisotopic (exact) mass is 316 g/mol. The van der Waals surface area contributed by atoms with Crippen LogP contribution in [0.1, 0.15) is 5.69 Å². The van der Waals surface area contributed by atoms with E-state index in [2.05, 4.69) is 26.3 Å². The number of nitrogens with zero attached hydrogens (tertiary/aromatic N) is 2. The van der Waals surface area contributed by atoms with Gasteiger partial charge in [0.1, 0.15) is 11.6 Å². The predicted molar refractivity (Wildman–Crippen MR) is 69.7 cm³/mol. The highest BCUT2D eigenvalue weighted by Crippen LogP contribution is 2.32. The molecule has 0 aliphatic carbocycles. The molecule has 0 aliphatic rings. The van der Waals surface area contributed by atoms with E-state index < -0.39 is 11.6 Å². The average molecular weight is 317 g/mol. The summed E-state index contributed by atoms with van der Waals surface area (Å²) in [6.45, 7) is 1.81. The lowest BCUT2D eigenvalue weighted by atomic mass is 10.2. The van der Waals surface area contributed by atoms with E-state index in [1.54, 1.807) is 18.7 Å². The molecule has 1 aromatic carbocycles. The summed E-state index contributed by atoms with van der Waals surface area (Å²) in [4.78, 5) is 0. The summed E-state index contributed by atoms with van der Waals surface area (Å²) in [5.74, 6) is -0.918. The fourth-order valence-electron chi connectivity index (χ4n) is 1.61. The normalized spacial score (nSPS) is 10.7. The molecule has 0 unspecified atom stereocenters. The maximum atomic E-state index is 13.6. The molecule has 0 atom stereocenters. The Hall–Kier alpha value is -1.63. The van der Waals surface area contributed by atoms with Gasteiger partial charge in [0.15, 0.2) is 5.82 Å². The van der Waals surface area contributed by atoms with Crippen LogP contribution in [0.2, 0.25) is 0 Å². The summed E-state index contributed by atoms with van der Waals surface area (Å²) < 4.78 is 28.8. The second-order valence-electron chi connectivity index (χ2n) is 3.85. The molecule has 2 aromatic rings. The number of benzene rings is 1. The molecule has 7 heteroatoms.